The van der Waals surface area contributed by atoms with E-state index in [1.165, 1.54) is 20.0 Å². The van der Waals surface area contributed by atoms with Crippen molar-refractivity contribution in [3.05, 3.63) is 11.6 Å². The van der Waals surface area contributed by atoms with Crippen LogP contribution in [0.3, 0.4) is 0 Å². The fourth-order valence-electron chi connectivity index (χ4n) is 2.49. The lowest BCUT2D eigenvalue weighted by molar-refractivity contribution is 0.178. The molecule has 4 N–H and O–H groups in total. The number of hydrazine groups is 1. The van der Waals surface area contributed by atoms with Crippen molar-refractivity contribution < 1.29 is 13.5 Å². The molecule has 2 aromatic heterocycles. The highest BCUT2D eigenvalue weighted by Gasteiger charge is 2.38. The second-order valence-corrected chi connectivity index (χ2v) is 7.57. The molecule has 0 atom stereocenters. The molecule has 3 rings (SSSR count). The summed E-state index contributed by atoms with van der Waals surface area (Å²) in [5, 5.41) is 11.0. The fraction of sp³-hybridized carbons (Fsp3) is 0.545. The van der Waals surface area contributed by atoms with E-state index in [1.807, 2.05) is 0 Å². The Labute approximate surface area is 126 Å². The summed E-state index contributed by atoms with van der Waals surface area (Å²) in [4.78, 5) is 4.73. The van der Waals surface area contributed by atoms with Crippen molar-refractivity contribution in [3.8, 4) is 0 Å². The van der Waals surface area contributed by atoms with Crippen molar-refractivity contribution in [2.24, 2.45) is 5.84 Å². The van der Waals surface area contributed by atoms with Gasteiger partial charge in [-0.15, -0.1) is 11.3 Å². The predicted octanol–water partition coefficient (Wildman–Crippen LogP) is 0.217. The molecule has 2 heterocycles. The van der Waals surface area contributed by atoms with E-state index in [2.05, 4.69) is 10.4 Å². The van der Waals surface area contributed by atoms with Crippen molar-refractivity contribution in [1.82, 2.24) is 13.7 Å². The van der Waals surface area contributed by atoms with Gasteiger partial charge in [0.15, 0.2) is 10.8 Å². The van der Waals surface area contributed by atoms with E-state index < -0.39 is 10.0 Å². The molecule has 1 fully saturated rings. The third kappa shape index (κ3) is 2.32. The Bertz CT molecular complexity index is 734. The van der Waals surface area contributed by atoms with Gasteiger partial charge < -0.3 is 10.5 Å². The van der Waals surface area contributed by atoms with Crippen molar-refractivity contribution in [3.63, 3.8) is 0 Å². The number of fused-ring (bicyclic) bond motifs is 1. The van der Waals surface area contributed by atoms with Gasteiger partial charge in [0.25, 0.3) is 10.0 Å². The van der Waals surface area contributed by atoms with Gasteiger partial charge in [-0.3, -0.25) is 4.40 Å². The number of aromatic nitrogens is 2. The normalized spacial score (nSPS) is 16.5. The van der Waals surface area contributed by atoms with Crippen LogP contribution >= 0.6 is 11.3 Å². The lowest BCUT2D eigenvalue weighted by atomic mass is 9.93. The van der Waals surface area contributed by atoms with Crippen LogP contribution in [-0.4, -0.2) is 46.4 Å². The number of aliphatic hydroxyl groups excluding tert-OH is 1. The zero-order valence-electron chi connectivity index (χ0n) is 11.3. The number of hydrogen-bond donors (Lipinski definition) is 3. The number of nitrogen functional groups attached to an aromatic ring is 1. The van der Waals surface area contributed by atoms with Gasteiger partial charge >= 0.3 is 0 Å². The third-order valence-corrected chi connectivity index (χ3v) is 6.44. The molecule has 0 spiro atoms. The Hall–Kier alpha value is -1.20. The lowest BCUT2D eigenvalue weighted by Crippen LogP contribution is -2.46. The van der Waals surface area contributed by atoms with Crippen LogP contribution in [0.15, 0.2) is 16.6 Å². The van der Waals surface area contributed by atoms with Gasteiger partial charge in [-0.1, -0.05) is 6.42 Å². The Kier molecular flexibility index (Phi) is 3.88. The van der Waals surface area contributed by atoms with Gasteiger partial charge in [0.1, 0.15) is 0 Å². The number of imidazole rings is 1. The van der Waals surface area contributed by atoms with Crippen LogP contribution < -0.4 is 11.3 Å². The first-order valence-electron chi connectivity index (χ1n) is 6.64. The summed E-state index contributed by atoms with van der Waals surface area (Å²) < 4.78 is 28.8. The van der Waals surface area contributed by atoms with Gasteiger partial charge in [-0.25, -0.2) is 14.3 Å². The highest BCUT2D eigenvalue weighted by atomic mass is 32.2. The average molecular weight is 331 g/mol. The number of nitrogens with two attached hydrogens (primary N) is 1. The smallest absolute Gasteiger partial charge is 0.263 e. The SMILES string of the molecule is NNc1nc2sccn2c1S(=O)(=O)N(CCO)C1CCC1. The van der Waals surface area contributed by atoms with Crippen molar-refractivity contribution in [2.45, 2.75) is 30.3 Å². The summed E-state index contributed by atoms with van der Waals surface area (Å²) in [5.74, 6) is 5.54. The van der Waals surface area contributed by atoms with Gasteiger partial charge in [-0.2, -0.15) is 9.29 Å². The molecule has 0 aromatic carbocycles. The van der Waals surface area contributed by atoms with Crippen molar-refractivity contribution in [1.29, 1.82) is 0 Å². The van der Waals surface area contributed by atoms with E-state index in [0.717, 1.165) is 19.3 Å². The summed E-state index contributed by atoms with van der Waals surface area (Å²) >= 11 is 1.33. The molecule has 1 aliphatic rings. The zero-order chi connectivity index (χ0) is 15.0. The molecule has 21 heavy (non-hydrogen) atoms. The Morgan fingerprint density at radius 1 is 1.57 bits per heavy atom. The highest BCUT2D eigenvalue weighted by Crippen LogP contribution is 2.33. The standard InChI is InChI=1S/C11H17N5O3S2/c12-14-9-10(15-5-7-20-11(15)13-9)21(18,19)16(4-6-17)8-2-1-3-8/h5,7-8,14,17H,1-4,6,12H2. The minimum absolute atomic E-state index is 0.0293. The molecule has 0 bridgehead atoms. The Balaban J connectivity index is 2.11. The summed E-state index contributed by atoms with van der Waals surface area (Å²) in [5.41, 5.74) is 2.36. The largest absolute Gasteiger partial charge is 0.395 e. The quantitative estimate of drug-likeness (QED) is 0.515. The zero-order valence-corrected chi connectivity index (χ0v) is 12.9. The van der Waals surface area contributed by atoms with E-state index >= 15 is 0 Å². The minimum Gasteiger partial charge on any atom is -0.395 e. The molecule has 0 aliphatic heterocycles. The minimum atomic E-state index is -3.78. The first-order chi connectivity index (χ1) is 10.1. The summed E-state index contributed by atoms with van der Waals surface area (Å²) in [6, 6.07) is -0.0584. The molecule has 8 nitrogen and oxygen atoms in total. The van der Waals surface area contributed by atoms with Gasteiger partial charge in [0.2, 0.25) is 5.03 Å². The molecule has 1 aliphatic carbocycles. The number of thiazole rings is 1. The maximum absolute atomic E-state index is 13.0. The third-order valence-electron chi connectivity index (χ3n) is 3.71. The Morgan fingerprint density at radius 3 is 2.90 bits per heavy atom. The van der Waals surface area contributed by atoms with Crippen LogP contribution in [0.4, 0.5) is 5.82 Å². The van der Waals surface area contributed by atoms with Gasteiger partial charge in [0, 0.05) is 24.2 Å². The summed E-state index contributed by atoms with van der Waals surface area (Å²) in [6.07, 6.45) is 4.29. The fourth-order valence-corrected chi connectivity index (χ4v) is 5.15. The number of nitrogens with one attached hydrogen (secondary N) is 1. The maximum Gasteiger partial charge on any atom is 0.263 e. The number of anilines is 1. The molecule has 116 valence electrons. The van der Waals surface area contributed by atoms with E-state index in [-0.39, 0.29) is 30.0 Å². The topological polar surface area (TPSA) is 113 Å². The average Bonchev–Trinajstić information content (AvgIpc) is 2.94. The molecule has 1 saturated carbocycles. The number of hydrogen-bond acceptors (Lipinski definition) is 7. The lowest BCUT2D eigenvalue weighted by Gasteiger charge is -2.35. The first-order valence-corrected chi connectivity index (χ1v) is 8.96. The number of nitrogens with zero attached hydrogens (tertiary/aromatic N) is 3. The van der Waals surface area contributed by atoms with E-state index in [4.69, 9.17) is 5.84 Å². The molecular formula is C11H17N5O3S2. The molecule has 0 unspecified atom stereocenters. The molecule has 0 amide bonds. The van der Waals surface area contributed by atoms with Crippen LogP contribution in [0.1, 0.15) is 19.3 Å². The predicted molar refractivity (Wildman–Crippen MR) is 79.5 cm³/mol. The van der Waals surface area contributed by atoms with Gasteiger partial charge in [0.05, 0.1) is 6.61 Å². The second kappa shape index (κ2) is 5.54. The van der Waals surface area contributed by atoms with E-state index in [1.54, 1.807) is 11.6 Å². The summed E-state index contributed by atoms with van der Waals surface area (Å²) in [7, 11) is -3.78. The van der Waals surface area contributed by atoms with Crippen molar-refractivity contribution >= 4 is 32.1 Å². The number of aliphatic hydroxyl groups is 1. The van der Waals surface area contributed by atoms with Crippen LogP contribution in [-0.2, 0) is 10.0 Å². The summed E-state index contributed by atoms with van der Waals surface area (Å²) in [6.45, 7) is -0.138. The number of sulfonamides is 1. The van der Waals surface area contributed by atoms with E-state index in [9.17, 15) is 13.5 Å². The molecular weight excluding hydrogens is 314 g/mol. The molecule has 0 saturated heterocycles. The second-order valence-electron chi connectivity index (χ2n) is 4.89. The molecule has 0 radical (unpaired) electrons. The molecule has 10 heteroatoms. The van der Waals surface area contributed by atoms with Crippen LogP contribution in [0, 0.1) is 0 Å². The van der Waals surface area contributed by atoms with Crippen LogP contribution in [0.5, 0.6) is 0 Å². The molecule has 2 aromatic rings. The highest BCUT2D eigenvalue weighted by molar-refractivity contribution is 7.89. The maximum atomic E-state index is 13.0. The van der Waals surface area contributed by atoms with E-state index in [0.29, 0.717) is 4.96 Å². The Morgan fingerprint density at radius 2 is 2.33 bits per heavy atom. The van der Waals surface area contributed by atoms with Crippen LogP contribution in [0.25, 0.3) is 4.96 Å². The van der Waals surface area contributed by atoms with Crippen LogP contribution in [0.2, 0.25) is 0 Å². The first kappa shape index (κ1) is 14.7. The van der Waals surface area contributed by atoms with Gasteiger partial charge in [-0.05, 0) is 12.8 Å². The number of rotatable bonds is 6. The van der Waals surface area contributed by atoms with Crippen molar-refractivity contribution in [2.75, 3.05) is 18.6 Å². The monoisotopic (exact) mass is 331 g/mol.